The largest absolute Gasteiger partial charge is 0.488 e. The summed E-state index contributed by atoms with van der Waals surface area (Å²) in [5.41, 5.74) is 2.45. The smallest absolute Gasteiger partial charge is 0.244 e. The molecule has 2 aromatic carbocycles. The monoisotopic (exact) mass is 472 g/mol. The van der Waals surface area contributed by atoms with Gasteiger partial charge in [0.1, 0.15) is 12.4 Å². The minimum Gasteiger partial charge on any atom is -0.488 e. The minimum absolute atomic E-state index is 0.237. The molecule has 1 fully saturated rings. The Kier molecular flexibility index (Phi) is 6.98. The zero-order chi connectivity index (χ0) is 22.6. The molecule has 2 aliphatic heterocycles. The van der Waals surface area contributed by atoms with E-state index in [0.717, 1.165) is 41.7 Å². The first-order chi connectivity index (χ1) is 15.4. The predicted octanol–water partition coefficient (Wildman–Crippen LogP) is 4.16. The number of amides is 1. The van der Waals surface area contributed by atoms with Crippen LogP contribution >= 0.6 is 11.6 Å². The Hall–Kier alpha value is -2.61. The molecule has 0 bridgehead atoms. The highest BCUT2D eigenvalue weighted by atomic mass is 35.5. The topological polar surface area (TPSA) is 75.7 Å². The van der Waals surface area contributed by atoms with E-state index in [4.69, 9.17) is 16.3 Å². The van der Waals surface area contributed by atoms with E-state index >= 15 is 0 Å². The van der Waals surface area contributed by atoms with Crippen LogP contribution in [0.3, 0.4) is 0 Å². The summed E-state index contributed by atoms with van der Waals surface area (Å²) in [6, 6.07) is 12.2. The third-order valence-corrected chi connectivity index (χ3v) is 7.60. The number of rotatable bonds is 6. The Bertz CT molecular complexity index is 1170. The summed E-state index contributed by atoms with van der Waals surface area (Å²) in [5.74, 6) is 0.488. The molecule has 6 nitrogen and oxygen atoms in total. The molecule has 1 amide bonds. The molecule has 2 heterocycles. The molecular weight excluding hydrogens is 448 g/mol. The van der Waals surface area contributed by atoms with Gasteiger partial charge in [-0.15, -0.1) is 0 Å². The zero-order valence-electron chi connectivity index (χ0n) is 17.6. The molecule has 8 heteroatoms. The fraction of sp³-hybridized carbons (Fsp3) is 0.292. The second-order valence-electron chi connectivity index (χ2n) is 7.85. The van der Waals surface area contributed by atoms with Gasteiger partial charge in [0.05, 0.1) is 4.90 Å². The Labute approximate surface area is 193 Å². The number of sulfonamides is 1. The van der Waals surface area contributed by atoms with Crippen LogP contribution in [0.25, 0.3) is 6.08 Å². The molecule has 4 rings (SSSR count). The van der Waals surface area contributed by atoms with Gasteiger partial charge in [-0.1, -0.05) is 36.2 Å². The van der Waals surface area contributed by atoms with Gasteiger partial charge in [0, 0.05) is 36.3 Å². The van der Waals surface area contributed by atoms with Crippen LogP contribution in [0.4, 0.5) is 0 Å². The van der Waals surface area contributed by atoms with E-state index in [1.807, 2.05) is 18.2 Å². The third kappa shape index (κ3) is 5.41. The van der Waals surface area contributed by atoms with Crippen LogP contribution in [-0.2, 0) is 21.4 Å². The maximum atomic E-state index is 12.9. The Morgan fingerprint density at radius 1 is 1.12 bits per heavy atom. The van der Waals surface area contributed by atoms with Gasteiger partial charge in [0.2, 0.25) is 15.9 Å². The van der Waals surface area contributed by atoms with Crippen LogP contribution in [0.15, 0.2) is 65.1 Å². The summed E-state index contributed by atoms with van der Waals surface area (Å²) in [5, 5.41) is 3.42. The number of ether oxygens (including phenoxy) is 1. The SMILES string of the molecule is O=C(/C=C/C1=Cc2cc(Cl)ccc2OC1)NCc1cccc(S(=O)(=O)N2CCCCC2)c1. The van der Waals surface area contributed by atoms with E-state index < -0.39 is 10.0 Å². The first-order valence-corrected chi connectivity index (χ1v) is 12.4. The van der Waals surface area contributed by atoms with Crippen molar-refractivity contribution in [2.24, 2.45) is 0 Å². The highest BCUT2D eigenvalue weighted by Crippen LogP contribution is 2.29. The standard InChI is InChI=1S/C24H25ClN2O4S/c25-21-8-9-23-20(15-21)13-19(17-31-23)7-10-24(28)26-16-18-5-4-6-22(14-18)32(29,30)27-11-2-1-3-12-27/h4-10,13-15H,1-3,11-12,16-17H2,(H,26,28)/b10-7+. The van der Waals surface area contributed by atoms with Gasteiger partial charge in [-0.2, -0.15) is 4.31 Å². The number of nitrogens with zero attached hydrogens (tertiary/aromatic N) is 1. The molecule has 0 saturated carbocycles. The first-order valence-electron chi connectivity index (χ1n) is 10.6. The molecule has 0 spiro atoms. The summed E-state index contributed by atoms with van der Waals surface area (Å²) >= 11 is 6.03. The molecule has 0 aromatic heterocycles. The first kappa shape index (κ1) is 22.6. The van der Waals surface area contributed by atoms with Gasteiger partial charge >= 0.3 is 0 Å². The Morgan fingerprint density at radius 2 is 1.94 bits per heavy atom. The van der Waals surface area contributed by atoms with Crippen molar-refractivity contribution in [3.05, 3.63) is 76.3 Å². The quantitative estimate of drug-likeness (QED) is 0.640. The van der Waals surface area contributed by atoms with E-state index in [-0.39, 0.29) is 17.3 Å². The number of halogens is 1. The lowest BCUT2D eigenvalue weighted by Gasteiger charge is -2.26. The number of carbonyl (C=O) groups excluding carboxylic acids is 1. The molecule has 1 saturated heterocycles. The summed E-state index contributed by atoms with van der Waals surface area (Å²) in [6.07, 6.45) is 7.93. The number of carbonyl (C=O) groups is 1. The normalized spacial score (nSPS) is 16.8. The number of nitrogens with one attached hydrogen (secondary N) is 1. The maximum absolute atomic E-state index is 12.9. The van der Waals surface area contributed by atoms with E-state index in [0.29, 0.717) is 24.7 Å². The number of piperidine rings is 1. The average Bonchev–Trinajstić information content (AvgIpc) is 2.82. The maximum Gasteiger partial charge on any atom is 0.244 e. The van der Waals surface area contributed by atoms with Crippen LogP contribution in [0.2, 0.25) is 5.02 Å². The molecule has 0 radical (unpaired) electrons. The lowest BCUT2D eigenvalue weighted by molar-refractivity contribution is -0.116. The van der Waals surface area contributed by atoms with Crippen LogP contribution in [0, 0.1) is 0 Å². The summed E-state index contributed by atoms with van der Waals surface area (Å²) in [4.78, 5) is 12.5. The Morgan fingerprint density at radius 3 is 2.75 bits per heavy atom. The van der Waals surface area contributed by atoms with Crippen LogP contribution in [0.5, 0.6) is 5.75 Å². The zero-order valence-corrected chi connectivity index (χ0v) is 19.2. The highest BCUT2D eigenvalue weighted by molar-refractivity contribution is 7.89. The lowest BCUT2D eigenvalue weighted by Crippen LogP contribution is -2.35. The lowest BCUT2D eigenvalue weighted by atomic mass is 10.1. The molecule has 2 aromatic rings. The summed E-state index contributed by atoms with van der Waals surface area (Å²) in [6.45, 7) is 1.73. The second kappa shape index (κ2) is 9.90. The van der Waals surface area contributed by atoms with Crippen molar-refractivity contribution in [2.45, 2.75) is 30.7 Å². The van der Waals surface area contributed by atoms with Crippen molar-refractivity contribution < 1.29 is 17.9 Å². The van der Waals surface area contributed by atoms with Crippen molar-refractivity contribution >= 4 is 33.6 Å². The van der Waals surface area contributed by atoms with E-state index in [1.165, 1.54) is 6.08 Å². The van der Waals surface area contributed by atoms with Crippen LogP contribution < -0.4 is 10.1 Å². The van der Waals surface area contributed by atoms with Gasteiger partial charge < -0.3 is 10.1 Å². The molecule has 0 aliphatic carbocycles. The number of fused-ring (bicyclic) bond motifs is 1. The predicted molar refractivity (Wildman–Crippen MR) is 125 cm³/mol. The molecule has 0 atom stereocenters. The van der Waals surface area contributed by atoms with Gasteiger partial charge in [0.25, 0.3) is 0 Å². The number of hydrogen-bond acceptors (Lipinski definition) is 4. The van der Waals surface area contributed by atoms with Crippen molar-refractivity contribution in [2.75, 3.05) is 19.7 Å². The second-order valence-corrected chi connectivity index (χ2v) is 10.2. The summed E-state index contributed by atoms with van der Waals surface area (Å²) < 4.78 is 33.0. The van der Waals surface area contributed by atoms with Gasteiger partial charge in [-0.25, -0.2) is 8.42 Å². The average molecular weight is 473 g/mol. The third-order valence-electron chi connectivity index (χ3n) is 5.47. The van der Waals surface area contributed by atoms with E-state index in [1.54, 1.807) is 40.7 Å². The molecule has 168 valence electrons. The number of hydrogen-bond donors (Lipinski definition) is 1. The molecule has 0 unspecified atom stereocenters. The van der Waals surface area contributed by atoms with Crippen molar-refractivity contribution in [3.63, 3.8) is 0 Å². The van der Waals surface area contributed by atoms with Crippen LogP contribution in [-0.4, -0.2) is 38.3 Å². The van der Waals surface area contributed by atoms with E-state index in [9.17, 15) is 13.2 Å². The molecule has 32 heavy (non-hydrogen) atoms. The van der Waals surface area contributed by atoms with Crippen LogP contribution in [0.1, 0.15) is 30.4 Å². The van der Waals surface area contributed by atoms with Crippen molar-refractivity contribution in [1.29, 1.82) is 0 Å². The molecular formula is C24H25ClN2O4S. The Balaban J connectivity index is 1.37. The van der Waals surface area contributed by atoms with Crippen molar-refractivity contribution in [1.82, 2.24) is 9.62 Å². The minimum atomic E-state index is -3.50. The summed E-state index contributed by atoms with van der Waals surface area (Å²) in [7, 11) is -3.50. The fourth-order valence-electron chi connectivity index (χ4n) is 3.76. The van der Waals surface area contributed by atoms with Gasteiger partial charge in [0.15, 0.2) is 0 Å². The fourth-order valence-corrected chi connectivity index (χ4v) is 5.53. The van der Waals surface area contributed by atoms with E-state index in [2.05, 4.69) is 5.32 Å². The molecule has 1 N–H and O–H groups in total. The number of benzene rings is 2. The van der Waals surface area contributed by atoms with Crippen molar-refractivity contribution in [3.8, 4) is 5.75 Å². The van der Waals surface area contributed by atoms with Gasteiger partial charge in [-0.05, 0) is 60.4 Å². The highest BCUT2D eigenvalue weighted by Gasteiger charge is 2.25. The molecule has 2 aliphatic rings. The van der Waals surface area contributed by atoms with Gasteiger partial charge in [-0.3, -0.25) is 4.79 Å².